The summed E-state index contributed by atoms with van der Waals surface area (Å²) in [6.07, 6.45) is 13.0. The number of piperazine rings is 1. The second-order valence-electron chi connectivity index (χ2n) is 7.54. The average molecular weight is 500 g/mol. The summed E-state index contributed by atoms with van der Waals surface area (Å²) in [6.45, 7) is 11.2. The van der Waals surface area contributed by atoms with Gasteiger partial charge in [0.2, 0.25) is 5.91 Å². The van der Waals surface area contributed by atoms with Gasteiger partial charge in [-0.2, -0.15) is 5.26 Å². The van der Waals surface area contributed by atoms with Crippen molar-refractivity contribution in [3.05, 3.63) is 59.7 Å². The van der Waals surface area contributed by atoms with Crippen LogP contribution in [0.3, 0.4) is 0 Å². The predicted molar refractivity (Wildman–Crippen MR) is 145 cm³/mol. The minimum absolute atomic E-state index is 0.0651. The normalized spacial score (nSPS) is 13.9. The molecule has 0 aliphatic carbocycles. The van der Waals surface area contributed by atoms with Gasteiger partial charge in [0, 0.05) is 37.4 Å². The minimum atomic E-state index is -0.301. The maximum Gasteiger partial charge on any atom is 0.237 e. The molecule has 1 unspecified atom stereocenters. The van der Waals surface area contributed by atoms with Crippen LogP contribution in [0.15, 0.2) is 49.1 Å². The van der Waals surface area contributed by atoms with E-state index in [1.54, 1.807) is 18.2 Å². The molecule has 0 bridgehead atoms. The maximum absolute atomic E-state index is 12.6. The lowest BCUT2D eigenvalue weighted by Gasteiger charge is -2.38. The van der Waals surface area contributed by atoms with Crippen LogP contribution in [0, 0.1) is 29.3 Å². The number of nitrogens with one attached hydrogen (secondary N) is 4. The first-order valence-corrected chi connectivity index (χ1v) is 11.8. The molecule has 4 N–H and O–H groups in total. The molecular formula is C26H38ClN7O. The zero-order valence-corrected chi connectivity index (χ0v) is 21.7. The standard InChI is InChI=1S/C20H30ClN5O.C3H2N2.C3H6/c1-3-4-5-10-23-15-24-13-18(26-12-11-25(2)14-19(26)27)20(22)16-6-8-17(21)9-7-16;1-2-5-3-4;1-3-2/h3-4,6-9,18,22-24H,5,10-15H2,1-2H3;1,5H;3H,1H2,2H3/b4-3+,22-20?;;. The number of allylic oxidation sites excluding steroid dienone is 2. The van der Waals surface area contributed by atoms with E-state index in [4.69, 9.17) is 22.3 Å². The molecule has 1 heterocycles. The van der Waals surface area contributed by atoms with Gasteiger partial charge in [0.25, 0.3) is 0 Å². The Balaban J connectivity index is 0.00000126. The molecule has 1 aliphatic heterocycles. The Hall–Kier alpha value is -3.14. The van der Waals surface area contributed by atoms with Gasteiger partial charge in [-0.15, -0.1) is 6.58 Å². The summed E-state index contributed by atoms with van der Waals surface area (Å²) in [5.41, 5.74) is 1.23. The predicted octanol–water partition coefficient (Wildman–Crippen LogP) is 2.79. The zero-order valence-electron chi connectivity index (χ0n) is 21.0. The molecule has 0 radical (unpaired) electrons. The van der Waals surface area contributed by atoms with E-state index in [1.165, 1.54) is 6.19 Å². The summed E-state index contributed by atoms with van der Waals surface area (Å²) in [5, 5.41) is 25.5. The van der Waals surface area contributed by atoms with E-state index in [1.807, 2.05) is 60.3 Å². The van der Waals surface area contributed by atoms with Gasteiger partial charge >= 0.3 is 0 Å². The molecule has 1 aromatic carbocycles. The Morgan fingerprint density at radius 3 is 2.49 bits per heavy atom. The van der Waals surface area contributed by atoms with Crippen molar-refractivity contribution in [3.63, 3.8) is 0 Å². The van der Waals surface area contributed by atoms with Crippen molar-refractivity contribution in [1.29, 1.82) is 10.7 Å². The molecular weight excluding hydrogens is 462 g/mol. The van der Waals surface area contributed by atoms with Crippen molar-refractivity contribution in [3.8, 4) is 18.7 Å². The van der Waals surface area contributed by atoms with Crippen molar-refractivity contribution < 1.29 is 4.79 Å². The number of likely N-dealkylation sites (N-methyl/N-ethyl adjacent to an activating group) is 1. The molecule has 35 heavy (non-hydrogen) atoms. The maximum atomic E-state index is 12.6. The number of benzene rings is 1. The van der Waals surface area contributed by atoms with Gasteiger partial charge in [0.05, 0.1) is 18.3 Å². The van der Waals surface area contributed by atoms with Gasteiger partial charge in [-0.05, 0) is 51.6 Å². The quantitative estimate of drug-likeness (QED) is 0.0750. The smallest absolute Gasteiger partial charge is 0.237 e. The van der Waals surface area contributed by atoms with Gasteiger partial charge in [-0.3, -0.25) is 15.0 Å². The minimum Gasteiger partial charge on any atom is -0.330 e. The van der Waals surface area contributed by atoms with E-state index in [0.29, 0.717) is 37.0 Å². The van der Waals surface area contributed by atoms with Crippen LogP contribution in [0.25, 0.3) is 0 Å². The van der Waals surface area contributed by atoms with Crippen molar-refractivity contribution >= 4 is 23.2 Å². The molecule has 0 spiro atoms. The lowest BCUT2D eigenvalue weighted by Crippen LogP contribution is -2.58. The van der Waals surface area contributed by atoms with Crippen LogP contribution in [0.5, 0.6) is 0 Å². The highest BCUT2D eigenvalue weighted by Crippen LogP contribution is 2.15. The Morgan fingerprint density at radius 2 is 1.97 bits per heavy atom. The van der Waals surface area contributed by atoms with Crippen LogP contribution in [0.2, 0.25) is 5.02 Å². The number of nitriles is 1. The van der Waals surface area contributed by atoms with Gasteiger partial charge < -0.3 is 20.9 Å². The monoisotopic (exact) mass is 499 g/mol. The van der Waals surface area contributed by atoms with Gasteiger partial charge in [0.15, 0.2) is 6.19 Å². The van der Waals surface area contributed by atoms with E-state index in [9.17, 15) is 4.79 Å². The molecule has 1 aromatic rings. The van der Waals surface area contributed by atoms with Crippen LogP contribution < -0.4 is 16.0 Å². The van der Waals surface area contributed by atoms with Crippen LogP contribution >= 0.6 is 11.6 Å². The van der Waals surface area contributed by atoms with Crippen molar-refractivity contribution in [1.82, 2.24) is 25.8 Å². The number of hydrogen-bond acceptors (Lipinski definition) is 7. The number of terminal acetylenes is 1. The first-order chi connectivity index (χ1) is 16.9. The largest absolute Gasteiger partial charge is 0.330 e. The summed E-state index contributed by atoms with van der Waals surface area (Å²) in [7, 11) is 1.95. The first-order valence-electron chi connectivity index (χ1n) is 11.4. The topological polar surface area (TPSA) is 107 Å². The second kappa shape index (κ2) is 20.3. The lowest BCUT2D eigenvalue weighted by atomic mass is 10.0. The van der Waals surface area contributed by atoms with Crippen molar-refractivity contribution in [2.24, 2.45) is 0 Å². The highest BCUT2D eigenvalue weighted by molar-refractivity contribution is 6.30. The molecule has 9 heteroatoms. The van der Waals surface area contributed by atoms with E-state index in [0.717, 1.165) is 25.1 Å². The summed E-state index contributed by atoms with van der Waals surface area (Å²) in [4.78, 5) is 16.4. The molecule has 1 atom stereocenters. The van der Waals surface area contributed by atoms with Crippen LogP contribution in [-0.2, 0) is 4.79 Å². The van der Waals surface area contributed by atoms with Crippen molar-refractivity contribution in [2.75, 3.05) is 46.4 Å². The Morgan fingerprint density at radius 1 is 1.31 bits per heavy atom. The molecule has 0 saturated carbocycles. The van der Waals surface area contributed by atoms with Crippen LogP contribution in [0.4, 0.5) is 0 Å². The molecule has 0 aromatic heterocycles. The fourth-order valence-corrected chi connectivity index (χ4v) is 3.22. The number of amides is 1. The number of carbonyl (C=O) groups is 1. The van der Waals surface area contributed by atoms with E-state index in [-0.39, 0.29) is 11.9 Å². The summed E-state index contributed by atoms with van der Waals surface area (Å²) in [6, 6.07) is 8.85. The Kier molecular flexibility index (Phi) is 18.4. The third kappa shape index (κ3) is 14.0. The molecule has 1 saturated heterocycles. The molecule has 1 fully saturated rings. The fourth-order valence-electron chi connectivity index (χ4n) is 3.09. The molecule has 1 aliphatic rings. The SMILES string of the molecule is C#CNC#N.C/C=C/CCNCNCC(C(=N)c1ccc(Cl)cc1)N1CCN(C)CC1=O.C=CC. The lowest BCUT2D eigenvalue weighted by molar-refractivity contribution is -0.136. The van der Waals surface area contributed by atoms with Crippen LogP contribution in [-0.4, -0.2) is 73.9 Å². The third-order valence-electron chi connectivity index (χ3n) is 4.75. The Bertz CT molecular complexity index is 859. The van der Waals surface area contributed by atoms with Crippen molar-refractivity contribution in [2.45, 2.75) is 26.3 Å². The number of halogens is 1. The molecule has 190 valence electrons. The number of nitrogens with zero attached hydrogens (tertiary/aromatic N) is 3. The highest BCUT2D eigenvalue weighted by atomic mass is 35.5. The third-order valence-corrected chi connectivity index (χ3v) is 5.00. The Labute approximate surface area is 215 Å². The van der Waals surface area contributed by atoms with Gasteiger partial charge in [0.1, 0.15) is 0 Å². The molecule has 2 rings (SSSR count). The average Bonchev–Trinajstić information content (AvgIpc) is 2.83. The summed E-state index contributed by atoms with van der Waals surface area (Å²) >= 11 is 5.97. The van der Waals surface area contributed by atoms with Gasteiger partial charge in [-0.25, -0.2) is 0 Å². The van der Waals surface area contributed by atoms with Gasteiger partial charge in [-0.1, -0.05) is 48.4 Å². The molecule has 1 amide bonds. The van der Waals surface area contributed by atoms with E-state index in [2.05, 4.69) is 29.7 Å². The summed E-state index contributed by atoms with van der Waals surface area (Å²) in [5.74, 6) is 0.0651. The molecule has 8 nitrogen and oxygen atoms in total. The number of carbonyl (C=O) groups excluding carboxylic acids is 1. The highest BCUT2D eigenvalue weighted by Gasteiger charge is 2.31. The fraction of sp³-hybridized carbons (Fsp3) is 0.423. The van der Waals surface area contributed by atoms with E-state index < -0.39 is 0 Å². The first kappa shape index (κ1) is 31.9. The number of hydrogen-bond donors (Lipinski definition) is 4. The van der Waals surface area contributed by atoms with Crippen LogP contribution in [0.1, 0.15) is 25.8 Å². The zero-order chi connectivity index (χ0) is 26.5. The second-order valence-corrected chi connectivity index (χ2v) is 7.98. The number of rotatable bonds is 10. The summed E-state index contributed by atoms with van der Waals surface area (Å²) < 4.78 is 0. The van der Waals surface area contributed by atoms with E-state index >= 15 is 0 Å².